The van der Waals surface area contributed by atoms with Crippen molar-refractivity contribution in [3.63, 3.8) is 0 Å². The van der Waals surface area contributed by atoms with E-state index in [0.717, 1.165) is 0 Å². The van der Waals surface area contributed by atoms with Crippen molar-refractivity contribution in [3.05, 3.63) is 48.5 Å². The number of thiophene rings is 1. The Morgan fingerprint density at radius 1 is 1.00 bits per heavy atom. The molecular weight excluding hydrogens is 200 g/mol. The van der Waals surface area contributed by atoms with Gasteiger partial charge in [0.1, 0.15) is 0 Å². The van der Waals surface area contributed by atoms with Crippen LogP contribution in [-0.4, -0.2) is 0 Å². The fraction of sp³-hybridized carbons (Fsp3) is 0.143. The third-order valence-electron chi connectivity index (χ3n) is 2.14. The summed E-state index contributed by atoms with van der Waals surface area (Å²) in [5.74, 6) is 0. The maximum Gasteiger partial charge on any atom is 0.0508 e. The van der Waals surface area contributed by atoms with Gasteiger partial charge >= 0.3 is 0 Å². The molecule has 0 nitrogen and oxygen atoms in total. The Morgan fingerprint density at radius 2 is 1.80 bits per heavy atom. The maximum atomic E-state index is 3.16. The molecule has 3 rings (SSSR count). The molecule has 2 aromatic carbocycles. The van der Waals surface area contributed by atoms with E-state index in [2.05, 4.69) is 42.5 Å². The normalized spacial score (nSPS) is 9.47. The molecule has 1 heteroatoms. The average Bonchev–Trinajstić information content (AvgIpc) is 2.70. The Balaban J connectivity index is 0.000000404. The quantitative estimate of drug-likeness (QED) is 0.507. The summed E-state index contributed by atoms with van der Waals surface area (Å²) >= 11 is 1.81. The van der Waals surface area contributed by atoms with Crippen molar-refractivity contribution in [2.75, 3.05) is 0 Å². The first-order chi connectivity index (χ1) is 7.45. The van der Waals surface area contributed by atoms with Crippen LogP contribution in [0.25, 0.3) is 20.2 Å². The van der Waals surface area contributed by atoms with E-state index >= 15 is 0 Å². The van der Waals surface area contributed by atoms with Gasteiger partial charge in [-0.2, -0.15) is 0 Å². The lowest BCUT2D eigenvalue weighted by Crippen LogP contribution is -1.61. The molecule has 0 bridgehead atoms. The number of hydrogen-bond donors (Lipinski definition) is 0. The van der Waals surface area contributed by atoms with Crippen LogP contribution < -0.4 is 0 Å². The lowest BCUT2D eigenvalue weighted by Gasteiger charge is -1.84. The van der Waals surface area contributed by atoms with Crippen LogP contribution in [0, 0.1) is 12.1 Å². The van der Waals surface area contributed by atoms with Crippen molar-refractivity contribution >= 4 is 31.5 Å². The fourth-order valence-electron chi connectivity index (χ4n) is 1.54. The van der Waals surface area contributed by atoms with Crippen LogP contribution in [0.5, 0.6) is 0 Å². The first kappa shape index (κ1) is 10.0. The highest BCUT2D eigenvalue weighted by Crippen LogP contribution is 2.31. The highest BCUT2D eigenvalue weighted by molar-refractivity contribution is 7.25. The largest absolute Gasteiger partial charge is 0.134 e. The van der Waals surface area contributed by atoms with Gasteiger partial charge in [0.15, 0.2) is 0 Å². The molecule has 1 heterocycles. The molecule has 3 aromatic rings. The van der Waals surface area contributed by atoms with Gasteiger partial charge < -0.3 is 0 Å². The van der Waals surface area contributed by atoms with E-state index in [1.165, 1.54) is 20.2 Å². The number of benzene rings is 1. The zero-order chi connectivity index (χ0) is 10.7. The molecule has 0 aliphatic carbocycles. The van der Waals surface area contributed by atoms with Crippen LogP contribution in [0.3, 0.4) is 0 Å². The molecule has 0 radical (unpaired) electrons. The summed E-state index contributed by atoms with van der Waals surface area (Å²) in [6.07, 6.45) is 0. The van der Waals surface area contributed by atoms with Gasteiger partial charge in [-0.25, -0.2) is 0 Å². The topological polar surface area (TPSA) is 0 Å². The molecule has 0 saturated heterocycles. The van der Waals surface area contributed by atoms with Gasteiger partial charge in [-0.3, -0.25) is 0 Å². The molecule has 0 N–H and O–H groups in total. The van der Waals surface area contributed by atoms with Crippen molar-refractivity contribution in [2.24, 2.45) is 0 Å². The van der Waals surface area contributed by atoms with E-state index in [0.29, 0.717) is 0 Å². The molecule has 0 fully saturated rings. The lowest BCUT2D eigenvalue weighted by atomic mass is 10.2. The summed E-state index contributed by atoms with van der Waals surface area (Å²) in [7, 11) is 0. The summed E-state index contributed by atoms with van der Waals surface area (Å²) in [5, 5.41) is 2.49. The SMILES string of the molecule is CC.c1ccc2sc3ccccc3c2c#1. The number of hydrogen-bond acceptors (Lipinski definition) is 1. The van der Waals surface area contributed by atoms with E-state index in [9.17, 15) is 0 Å². The molecular formula is C14H12S. The molecule has 0 saturated carbocycles. The summed E-state index contributed by atoms with van der Waals surface area (Å²) in [6, 6.07) is 18.6. The second-order valence-electron chi connectivity index (χ2n) is 2.94. The average molecular weight is 212 g/mol. The van der Waals surface area contributed by atoms with E-state index in [-0.39, 0.29) is 0 Å². The lowest BCUT2D eigenvalue weighted by molar-refractivity contribution is 1.50. The van der Waals surface area contributed by atoms with E-state index in [1.54, 1.807) is 0 Å². The molecule has 0 aliphatic rings. The van der Waals surface area contributed by atoms with Crippen molar-refractivity contribution in [1.82, 2.24) is 0 Å². The fourth-order valence-corrected chi connectivity index (χ4v) is 2.60. The third-order valence-corrected chi connectivity index (χ3v) is 3.27. The highest BCUT2D eigenvalue weighted by atomic mass is 32.1. The summed E-state index contributed by atoms with van der Waals surface area (Å²) in [5.41, 5.74) is 0. The number of fused-ring (bicyclic) bond motifs is 3. The Hall–Kier alpha value is -1.52. The van der Waals surface area contributed by atoms with Crippen molar-refractivity contribution in [1.29, 1.82) is 0 Å². The second-order valence-corrected chi connectivity index (χ2v) is 4.02. The van der Waals surface area contributed by atoms with Gasteiger partial charge in [0.05, 0.1) is 5.39 Å². The van der Waals surface area contributed by atoms with Crippen molar-refractivity contribution < 1.29 is 0 Å². The van der Waals surface area contributed by atoms with Crippen LogP contribution in [0.2, 0.25) is 0 Å². The smallest absolute Gasteiger partial charge is 0.0508 e. The summed E-state index contributed by atoms with van der Waals surface area (Å²) in [4.78, 5) is 0. The monoisotopic (exact) mass is 212 g/mol. The van der Waals surface area contributed by atoms with E-state index in [4.69, 9.17) is 0 Å². The number of rotatable bonds is 0. The zero-order valence-corrected chi connectivity index (χ0v) is 9.69. The molecule has 74 valence electrons. The minimum Gasteiger partial charge on any atom is -0.134 e. The molecule has 0 aliphatic heterocycles. The molecule has 0 spiro atoms. The molecule has 1 aromatic heterocycles. The first-order valence-corrected chi connectivity index (χ1v) is 5.96. The Kier molecular flexibility index (Phi) is 2.89. The van der Waals surface area contributed by atoms with Gasteiger partial charge in [-0.05, 0) is 18.2 Å². The molecule has 15 heavy (non-hydrogen) atoms. The van der Waals surface area contributed by atoms with Crippen LogP contribution in [-0.2, 0) is 0 Å². The van der Waals surface area contributed by atoms with Crippen molar-refractivity contribution in [2.45, 2.75) is 13.8 Å². The highest BCUT2D eigenvalue weighted by Gasteiger charge is 2.01. The van der Waals surface area contributed by atoms with Gasteiger partial charge in [0.25, 0.3) is 0 Å². The van der Waals surface area contributed by atoms with E-state index < -0.39 is 0 Å². The summed E-state index contributed by atoms with van der Waals surface area (Å²) < 4.78 is 2.62. The van der Waals surface area contributed by atoms with Crippen LogP contribution in [0.1, 0.15) is 13.8 Å². The second kappa shape index (κ2) is 4.33. The standard InChI is InChI=1S/C12H6S.C2H6/c1-3-7-11-9(5-1)10-6-2-4-8-12(10)13-11;1-2/h1,3-5,7-8H;1-2H3. The first-order valence-electron chi connectivity index (χ1n) is 5.15. The maximum absolute atomic E-state index is 3.16. The Morgan fingerprint density at radius 3 is 2.67 bits per heavy atom. The van der Waals surface area contributed by atoms with Gasteiger partial charge in [0, 0.05) is 14.8 Å². The predicted octanol–water partition coefficient (Wildman–Crippen LogP) is 4.68. The van der Waals surface area contributed by atoms with Gasteiger partial charge in [-0.1, -0.05) is 44.2 Å². The Labute approximate surface area is 94.2 Å². The Bertz CT molecular complexity index is 513. The van der Waals surface area contributed by atoms with Crippen molar-refractivity contribution in [3.8, 4) is 0 Å². The minimum absolute atomic E-state index is 1.20. The van der Waals surface area contributed by atoms with Crippen LogP contribution in [0.4, 0.5) is 0 Å². The van der Waals surface area contributed by atoms with E-state index in [1.807, 2.05) is 31.3 Å². The molecule has 0 amide bonds. The molecule has 0 atom stereocenters. The predicted molar refractivity (Wildman–Crippen MR) is 68.4 cm³/mol. The summed E-state index contributed by atoms with van der Waals surface area (Å²) in [6.45, 7) is 4.00. The minimum atomic E-state index is 1.20. The van der Waals surface area contributed by atoms with Crippen LogP contribution in [0.15, 0.2) is 36.4 Å². The third kappa shape index (κ3) is 1.69. The van der Waals surface area contributed by atoms with Gasteiger partial charge in [-0.15, -0.1) is 11.3 Å². The van der Waals surface area contributed by atoms with Gasteiger partial charge in [0.2, 0.25) is 0 Å². The zero-order valence-electron chi connectivity index (χ0n) is 8.87. The van der Waals surface area contributed by atoms with Crippen LogP contribution >= 0.6 is 11.3 Å². The molecule has 0 unspecified atom stereocenters.